The Morgan fingerprint density at radius 2 is 2.29 bits per heavy atom. The monoisotopic (exact) mass is 368 g/mol. The lowest BCUT2D eigenvalue weighted by Crippen LogP contribution is -2.42. The molecule has 3 rings (SSSR count). The zero-order valence-electron chi connectivity index (χ0n) is 11.6. The molecule has 1 aliphatic carbocycles. The summed E-state index contributed by atoms with van der Waals surface area (Å²) in [6.07, 6.45) is 4.04. The first-order chi connectivity index (χ1) is 10.2. The Balaban J connectivity index is 1.85. The minimum atomic E-state index is -0.167. The van der Waals surface area contributed by atoms with Gasteiger partial charge in [-0.25, -0.2) is 4.39 Å². The zero-order chi connectivity index (χ0) is 14.8. The summed E-state index contributed by atoms with van der Waals surface area (Å²) in [5, 5.41) is 2.15. The molecule has 0 bridgehead atoms. The van der Waals surface area contributed by atoms with Gasteiger partial charge < -0.3 is 0 Å². The fraction of sp³-hybridized carbons (Fsp3) is 0.375. The van der Waals surface area contributed by atoms with Crippen LogP contribution in [0.25, 0.3) is 0 Å². The first-order valence-corrected chi connectivity index (χ1v) is 8.82. The van der Waals surface area contributed by atoms with E-state index in [0.29, 0.717) is 17.9 Å². The number of aryl methyl sites for hydroxylation is 1. The van der Waals surface area contributed by atoms with Crippen molar-refractivity contribution in [1.29, 1.82) is 0 Å². The van der Waals surface area contributed by atoms with Gasteiger partial charge in [-0.2, -0.15) is 0 Å². The van der Waals surface area contributed by atoms with E-state index in [4.69, 9.17) is 5.84 Å². The average molecular weight is 369 g/mol. The minimum Gasteiger partial charge on any atom is -0.271 e. The van der Waals surface area contributed by atoms with Crippen LogP contribution in [0.15, 0.2) is 34.1 Å². The Morgan fingerprint density at radius 3 is 3.10 bits per heavy atom. The van der Waals surface area contributed by atoms with Crippen molar-refractivity contribution in [1.82, 2.24) is 5.43 Å². The summed E-state index contributed by atoms with van der Waals surface area (Å²) >= 11 is 5.23. The van der Waals surface area contributed by atoms with Crippen LogP contribution in [-0.4, -0.2) is 6.04 Å². The summed E-state index contributed by atoms with van der Waals surface area (Å²) in [5.74, 6) is 5.98. The average Bonchev–Trinajstić information content (AvgIpc) is 2.96. The highest BCUT2D eigenvalue weighted by Gasteiger charge is 2.28. The number of benzene rings is 1. The predicted molar refractivity (Wildman–Crippen MR) is 88.9 cm³/mol. The first-order valence-electron chi connectivity index (χ1n) is 7.15. The van der Waals surface area contributed by atoms with Crippen LogP contribution in [0.5, 0.6) is 0 Å². The van der Waals surface area contributed by atoms with Crippen LogP contribution < -0.4 is 11.3 Å². The van der Waals surface area contributed by atoms with E-state index >= 15 is 0 Å². The molecule has 1 aliphatic rings. The molecule has 2 atom stereocenters. The van der Waals surface area contributed by atoms with Crippen LogP contribution in [0, 0.1) is 5.82 Å². The number of hydrazine groups is 1. The van der Waals surface area contributed by atoms with Gasteiger partial charge in [0.05, 0.1) is 0 Å². The quantitative estimate of drug-likeness (QED) is 0.628. The van der Waals surface area contributed by atoms with Gasteiger partial charge in [-0.05, 0) is 66.5 Å². The van der Waals surface area contributed by atoms with Crippen molar-refractivity contribution in [3.8, 4) is 0 Å². The van der Waals surface area contributed by atoms with E-state index in [1.165, 1.54) is 22.9 Å². The maximum atomic E-state index is 14.0. The topological polar surface area (TPSA) is 38.0 Å². The van der Waals surface area contributed by atoms with E-state index in [9.17, 15) is 4.39 Å². The molecule has 2 unspecified atom stereocenters. The number of thiophene rings is 1. The van der Waals surface area contributed by atoms with Crippen LogP contribution in [0.1, 0.15) is 34.8 Å². The second-order valence-electron chi connectivity index (χ2n) is 5.51. The molecule has 1 aromatic carbocycles. The molecule has 0 fully saturated rings. The third-order valence-corrected chi connectivity index (χ3v) is 5.74. The van der Waals surface area contributed by atoms with Crippen molar-refractivity contribution in [2.24, 2.45) is 5.84 Å². The van der Waals surface area contributed by atoms with Crippen molar-refractivity contribution in [2.45, 2.75) is 37.6 Å². The lowest BCUT2D eigenvalue weighted by Gasteiger charge is -2.30. The third kappa shape index (κ3) is 3.21. The van der Waals surface area contributed by atoms with Gasteiger partial charge in [0.15, 0.2) is 0 Å². The Labute approximate surface area is 136 Å². The number of hydrogen-bond donors (Lipinski definition) is 2. The lowest BCUT2D eigenvalue weighted by atomic mass is 9.80. The van der Waals surface area contributed by atoms with Gasteiger partial charge in [0.2, 0.25) is 0 Å². The summed E-state index contributed by atoms with van der Waals surface area (Å²) in [7, 11) is 0. The fourth-order valence-electron chi connectivity index (χ4n) is 3.19. The molecule has 0 amide bonds. The van der Waals surface area contributed by atoms with Gasteiger partial charge in [-0.15, -0.1) is 11.3 Å². The summed E-state index contributed by atoms with van der Waals surface area (Å²) in [4.78, 5) is 1.46. The van der Waals surface area contributed by atoms with Crippen LogP contribution >= 0.6 is 27.3 Å². The maximum Gasteiger partial charge on any atom is 0.126 e. The SMILES string of the molecule is NNC(Cc1cc(Br)ccc1F)C1CCCc2sccc21. The number of rotatable bonds is 4. The second-order valence-corrected chi connectivity index (χ2v) is 7.43. The fourth-order valence-corrected chi connectivity index (χ4v) is 4.60. The number of fused-ring (bicyclic) bond motifs is 1. The van der Waals surface area contributed by atoms with Gasteiger partial charge in [-0.3, -0.25) is 11.3 Å². The molecule has 0 aliphatic heterocycles. The predicted octanol–water partition coefficient (Wildman–Crippen LogP) is 4.14. The molecule has 112 valence electrons. The summed E-state index contributed by atoms with van der Waals surface area (Å²) in [5.41, 5.74) is 5.02. The Morgan fingerprint density at radius 1 is 1.43 bits per heavy atom. The Bertz CT molecular complexity index is 628. The molecule has 3 N–H and O–H groups in total. The molecule has 0 spiro atoms. The van der Waals surface area contributed by atoms with Crippen molar-refractivity contribution >= 4 is 27.3 Å². The van der Waals surface area contributed by atoms with Crippen LogP contribution in [0.3, 0.4) is 0 Å². The van der Waals surface area contributed by atoms with Crippen molar-refractivity contribution in [3.63, 3.8) is 0 Å². The van der Waals surface area contributed by atoms with E-state index in [1.807, 2.05) is 17.4 Å². The molecule has 2 nitrogen and oxygen atoms in total. The number of halogens is 2. The smallest absolute Gasteiger partial charge is 0.126 e. The van der Waals surface area contributed by atoms with Gasteiger partial charge in [0.1, 0.15) is 5.82 Å². The van der Waals surface area contributed by atoms with Crippen LogP contribution in [-0.2, 0) is 12.8 Å². The summed E-state index contributed by atoms with van der Waals surface area (Å²) in [6, 6.07) is 7.33. The standard InChI is InChI=1S/C16H18BrFN2S/c17-11-4-5-14(18)10(8-11)9-15(20-19)12-2-1-3-16-13(12)6-7-21-16/h4-8,12,15,20H,1-3,9,19H2. The molecule has 0 saturated heterocycles. The van der Waals surface area contributed by atoms with E-state index in [0.717, 1.165) is 17.3 Å². The normalized spacial score (nSPS) is 19.3. The maximum absolute atomic E-state index is 14.0. The van der Waals surface area contributed by atoms with E-state index in [-0.39, 0.29) is 11.9 Å². The van der Waals surface area contributed by atoms with Crippen LogP contribution in [0.4, 0.5) is 4.39 Å². The Kier molecular flexibility index (Phi) is 4.74. The van der Waals surface area contributed by atoms with Gasteiger partial charge in [0.25, 0.3) is 0 Å². The summed E-state index contributed by atoms with van der Waals surface area (Å²) < 4.78 is 14.9. The van der Waals surface area contributed by atoms with Gasteiger partial charge in [-0.1, -0.05) is 15.9 Å². The van der Waals surface area contributed by atoms with Crippen molar-refractivity contribution < 1.29 is 4.39 Å². The molecule has 1 heterocycles. The highest BCUT2D eigenvalue weighted by atomic mass is 79.9. The molecule has 1 aromatic heterocycles. The molecular formula is C16H18BrFN2S. The molecule has 5 heteroatoms. The van der Waals surface area contributed by atoms with Gasteiger partial charge >= 0.3 is 0 Å². The number of nitrogens with two attached hydrogens (primary N) is 1. The molecular weight excluding hydrogens is 351 g/mol. The largest absolute Gasteiger partial charge is 0.271 e. The summed E-state index contributed by atoms with van der Waals surface area (Å²) in [6.45, 7) is 0. The van der Waals surface area contributed by atoms with Crippen molar-refractivity contribution in [3.05, 3.63) is 55.9 Å². The molecule has 0 radical (unpaired) electrons. The highest BCUT2D eigenvalue weighted by Crippen LogP contribution is 2.37. The van der Waals surface area contributed by atoms with E-state index in [1.54, 1.807) is 6.07 Å². The molecule has 2 aromatic rings. The third-order valence-electron chi connectivity index (χ3n) is 4.25. The highest BCUT2D eigenvalue weighted by molar-refractivity contribution is 9.10. The van der Waals surface area contributed by atoms with Crippen molar-refractivity contribution in [2.75, 3.05) is 0 Å². The van der Waals surface area contributed by atoms with Gasteiger partial charge in [0, 0.05) is 21.3 Å². The number of hydrogen-bond acceptors (Lipinski definition) is 3. The van der Waals surface area contributed by atoms with E-state index < -0.39 is 0 Å². The minimum absolute atomic E-state index is 0.0578. The second kappa shape index (κ2) is 6.57. The van der Waals surface area contributed by atoms with E-state index in [2.05, 4.69) is 32.8 Å². The first kappa shape index (κ1) is 15.2. The lowest BCUT2D eigenvalue weighted by molar-refractivity contribution is 0.393. The zero-order valence-corrected chi connectivity index (χ0v) is 14.0. The van der Waals surface area contributed by atoms with Crippen LogP contribution in [0.2, 0.25) is 0 Å². The number of nitrogens with one attached hydrogen (secondary N) is 1. The molecule has 21 heavy (non-hydrogen) atoms. The Hall–Kier alpha value is -0.750. The molecule has 0 saturated carbocycles.